The van der Waals surface area contributed by atoms with E-state index in [-0.39, 0.29) is 6.61 Å². The van der Waals surface area contributed by atoms with E-state index in [0.717, 1.165) is 25.1 Å². The van der Waals surface area contributed by atoms with Gasteiger partial charge in [-0.05, 0) is 30.5 Å². The zero-order valence-corrected chi connectivity index (χ0v) is 10.1. The lowest BCUT2D eigenvalue weighted by Gasteiger charge is -2.16. The van der Waals surface area contributed by atoms with Gasteiger partial charge in [-0.15, -0.1) is 0 Å². The van der Waals surface area contributed by atoms with Gasteiger partial charge in [0.15, 0.2) is 0 Å². The molecule has 17 heavy (non-hydrogen) atoms. The molecule has 1 aromatic carbocycles. The van der Waals surface area contributed by atoms with Crippen LogP contribution in [0.15, 0.2) is 18.2 Å². The van der Waals surface area contributed by atoms with Gasteiger partial charge in [-0.1, -0.05) is 13.3 Å². The number of rotatable bonds is 6. The standard InChI is InChI=1S/C13H19N3O/c1-2-10(5-6-17)9-16-13-7-11(8-14)3-4-12(13)15/h3-4,7,10,16-17H,2,5-6,9,15H2,1H3. The van der Waals surface area contributed by atoms with Crippen molar-refractivity contribution in [3.63, 3.8) is 0 Å². The predicted octanol–water partition coefficient (Wildman–Crippen LogP) is 1.96. The number of aliphatic hydroxyl groups excluding tert-OH is 1. The van der Waals surface area contributed by atoms with Crippen LogP contribution < -0.4 is 11.1 Å². The molecule has 0 aliphatic carbocycles. The molecule has 0 spiro atoms. The van der Waals surface area contributed by atoms with Crippen molar-refractivity contribution >= 4 is 11.4 Å². The number of nitrogen functional groups attached to an aromatic ring is 1. The maximum Gasteiger partial charge on any atom is 0.0992 e. The van der Waals surface area contributed by atoms with E-state index in [9.17, 15) is 0 Å². The zero-order chi connectivity index (χ0) is 12.7. The van der Waals surface area contributed by atoms with Crippen LogP contribution in [0.1, 0.15) is 25.3 Å². The summed E-state index contributed by atoms with van der Waals surface area (Å²) in [6.07, 6.45) is 1.78. The van der Waals surface area contributed by atoms with Gasteiger partial charge in [-0.3, -0.25) is 0 Å². The van der Waals surface area contributed by atoms with Gasteiger partial charge in [0, 0.05) is 13.2 Å². The normalized spacial score (nSPS) is 11.8. The lowest BCUT2D eigenvalue weighted by Crippen LogP contribution is -2.15. The number of nitrogens with zero attached hydrogens (tertiary/aromatic N) is 1. The molecule has 0 fully saturated rings. The van der Waals surface area contributed by atoms with Crippen molar-refractivity contribution in [1.29, 1.82) is 5.26 Å². The van der Waals surface area contributed by atoms with Crippen LogP contribution in [0.2, 0.25) is 0 Å². The molecule has 0 aromatic heterocycles. The van der Waals surface area contributed by atoms with Gasteiger partial charge in [-0.25, -0.2) is 0 Å². The van der Waals surface area contributed by atoms with Crippen LogP contribution in [0.5, 0.6) is 0 Å². The van der Waals surface area contributed by atoms with E-state index in [1.54, 1.807) is 18.2 Å². The van der Waals surface area contributed by atoms with Crippen LogP contribution in [0.4, 0.5) is 11.4 Å². The number of nitriles is 1. The first-order valence-corrected chi connectivity index (χ1v) is 5.85. The SMILES string of the molecule is CCC(CCO)CNc1cc(C#N)ccc1N. The summed E-state index contributed by atoms with van der Waals surface area (Å²) in [5.41, 5.74) is 7.85. The predicted molar refractivity (Wildman–Crippen MR) is 69.5 cm³/mol. The zero-order valence-electron chi connectivity index (χ0n) is 10.1. The Morgan fingerprint density at radius 1 is 1.53 bits per heavy atom. The molecule has 0 radical (unpaired) electrons. The van der Waals surface area contributed by atoms with E-state index < -0.39 is 0 Å². The van der Waals surface area contributed by atoms with Gasteiger partial charge in [-0.2, -0.15) is 5.26 Å². The number of nitrogens with two attached hydrogens (primary N) is 1. The number of aliphatic hydroxyl groups is 1. The van der Waals surface area contributed by atoms with Crippen LogP contribution in [0, 0.1) is 17.2 Å². The third-order valence-corrected chi connectivity index (χ3v) is 2.88. The smallest absolute Gasteiger partial charge is 0.0992 e. The van der Waals surface area contributed by atoms with E-state index in [1.165, 1.54) is 0 Å². The Morgan fingerprint density at radius 3 is 2.88 bits per heavy atom. The summed E-state index contributed by atoms with van der Waals surface area (Å²) in [5.74, 6) is 0.421. The van der Waals surface area contributed by atoms with E-state index in [2.05, 4.69) is 18.3 Å². The molecule has 0 heterocycles. The average Bonchev–Trinajstić information content (AvgIpc) is 2.36. The summed E-state index contributed by atoms with van der Waals surface area (Å²) in [5, 5.41) is 21.0. The molecule has 1 atom stereocenters. The number of hydrogen-bond acceptors (Lipinski definition) is 4. The first-order chi connectivity index (χ1) is 8.21. The molecule has 0 amide bonds. The second-order valence-corrected chi connectivity index (χ2v) is 4.08. The molecular weight excluding hydrogens is 214 g/mol. The first kappa shape index (κ1) is 13.3. The monoisotopic (exact) mass is 233 g/mol. The first-order valence-electron chi connectivity index (χ1n) is 5.85. The molecular formula is C13H19N3O. The Labute approximate surface area is 102 Å². The van der Waals surface area contributed by atoms with Gasteiger partial charge >= 0.3 is 0 Å². The minimum atomic E-state index is 0.202. The molecule has 0 bridgehead atoms. The third-order valence-electron chi connectivity index (χ3n) is 2.88. The maximum absolute atomic E-state index is 8.91. The van der Waals surface area contributed by atoms with Crippen molar-refractivity contribution in [3.05, 3.63) is 23.8 Å². The van der Waals surface area contributed by atoms with Crippen LogP contribution >= 0.6 is 0 Å². The molecule has 4 nitrogen and oxygen atoms in total. The summed E-state index contributed by atoms with van der Waals surface area (Å²) in [4.78, 5) is 0. The highest BCUT2D eigenvalue weighted by atomic mass is 16.3. The fourth-order valence-corrected chi connectivity index (χ4v) is 1.67. The van der Waals surface area contributed by atoms with Crippen LogP contribution in [-0.2, 0) is 0 Å². The van der Waals surface area contributed by atoms with Crippen molar-refractivity contribution in [3.8, 4) is 6.07 Å². The minimum Gasteiger partial charge on any atom is -0.397 e. The quantitative estimate of drug-likeness (QED) is 0.656. The van der Waals surface area contributed by atoms with Gasteiger partial charge in [0.25, 0.3) is 0 Å². The third kappa shape index (κ3) is 3.97. The minimum absolute atomic E-state index is 0.202. The number of nitrogens with one attached hydrogen (secondary N) is 1. The topological polar surface area (TPSA) is 82.1 Å². The Hall–Kier alpha value is -1.73. The van der Waals surface area contributed by atoms with E-state index in [4.69, 9.17) is 16.1 Å². The molecule has 0 aliphatic heterocycles. The van der Waals surface area contributed by atoms with E-state index in [0.29, 0.717) is 17.2 Å². The lowest BCUT2D eigenvalue weighted by atomic mass is 10.0. The summed E-state index contributed by atoms with van der Waals surface area (Å²) in [7, 11) is 0. The van der Waals surface area contributed by atoms with Gasteiger partial charge in [0.05, 0.1) is 23.0 Å². The van der Waals surface area contributed by atoms with Crippen molar-refractivity contribution < 1.29 is 5.11 Å². The largest absolute Gasteiger partial charge is 0.397 e. The van der Waals surface area contributed by atoms with Crippen LogP contribution in [0.25, 0.3) is 0 Å². The molecule has 1 rings (SSSR count). The summed E-state index contributed by atoms with van der Waals surface area (Å²) in [6.45, 7) is 3.06. The molecule has 1 aromatic rings. The number of anilines is 2. The molecule has 4 N–H and O–H groups in total. The van der Waals surface area contributed by atoms with Crippen LogP contribution in [0.3, 0.4) is 0 Å². The highest BCUT2D eigenvalue weighted by Crippen LogP contribution is 2.20. The lowest BCUT2D eigenvalue weighted by molar-refractivity contribution is 0.258. The summed E-state index contributed by atoms with van der Waals surface area (Å²) < 4.78 is 0. The van der Waals surface area contributed by atoms with Crippen molar-refractivity contribution in [1.82, 2.24) is 0 Å². The molecule has 92 valence electrons. The average molecular weight is 233 g/mol. The Morgan fingerprint density at radius 2 is 2.29 bits per heavy atom. The summed E-state index contributed by atoms with van der Waals surface area (Å²) in [6, 6.07) is 7.27. The Kier molecular flexibility index (Phi) is 5.31. The maximum atomic E-state index is 8.91. The van der Waals surface area contributed by atoms with Crippen LogP contribution in [-0.4, -0.2) is 18.3 Å². The van der Waals surface area contributed by atoms with E-state index >= 15 is 0 Å². The van der Waals surface area contributed by atoms with E-state index in [1.807, 2.05) is 0 Å². The molecule has 0 saturated carbocycles. The second kappa shape index (κ2) is 6.77. The number of benzene rings is 1. The fraction of sp³-hybridized carbons (Fsp3) is 0.462. The van der Waals surface area contributed by atoms with Crippen molar-refractivity contribution in [2.75, 3.05) is 24.2 Å². The van der Waals surface area contributed by atoms with Gasteiger partial charge < -0.3 is 16.2 Å². The molecule has 1 unspecified atom stereocenters. The molecule has 0 saturated heterocycles. The highest BCUT2D eigenvalue weighted by Gasteiger charge is 2.07. The Bertz CT molecular complexity index is 398. The fourth-order valence-electron chi connectivity index (χ4n) is 1.67. The number of hydrogen-bond donors (Lipinski definition) is 3. The summed E-state index contributed by atoms with van der Waals surface area (Å²) >= 11 is 0. The van der Waals surface area contributed by atoms with Crippen molar-refractivity contribution in [2.45, 2.75) is 19.8 Å². The highest BCUT2D eigenvalue weighted by molar-refractivity contribution is 5.68. The second-order valence-electron chi connectivity index (χ2n) is 4.08. The molecule has 0 aliphatic rings. The molecule has 4 heteroatoms. The van der Waals surface area contributed by atoms with Crippen molar-refractivity contribution in [2.24, 2.45) is 5.92 Å². The van der Waals surface area contributed by atoms with Gasteiger partial charge in [0.1, 0.15) is 0 Å². The Balaban J connectivity index is 2.65. The van der Waals surface area contributed by atoms with Gasteiger partial charge in [0.2, 0.25) is 0 Å².